The first kappa shape index (κ1) is 13.1. The molecule has 0 aliphatic heterocycles. The highest BCUT2D eigenvalue weighted by Gasteiger charge is 2.11. The molecule has 18 heavy (non-hydrogen) atoms. The second-order valence-electron chi connectivity index (χ2n) is 3.91. The monoisotopic (exact) mass is 355 g/mol. The smallest absolute Gasteiger partial charge is 0.199 e. The first-order valence-electron chi connectivity index (χ1n) is 5.69. The van der Waals surface area contributed by atoms with Crippen LogP contribution in [0.5, 0.6) is 0 Å². The molecule has 2 aromatic heterocycles. The van der Waals surface area contributed by atoms with Crippen LogP contribution in [0.15, 0.2) is 12.4 Å². The van der Waals surface area contributed by atoms with Gasteiger partial charge in [-0.2, -0.15) is 0 Å². The Morgan fingerprint density at radius 2 is 1.78 bits per heavy atom. The Morgan fingerprint density at radius 1 is 1.11 bits per heavy atom. The molecule has 0 aliphatic rings. The molecule has 5 nitrogen and oxygen atoms in total. The largest absolute Gasteiger partial charge is 0.369 e. The average molecular weight is 355 g/mol. The molecule has 6 heteroatoms. The summed E-state index contributed by atoms with van der Waals surface area (Å²) in [6.45, 7) is 6.77. The minimum absolute atomic E-state index is 0.555. The zero-order chi connectivity index (χ0) is 13.1. The second kappa shape index (κ2) is 5.55. The molecular formula is C12H14IN5. The number of rotatable bonds is 3. The van der Waals surface area contributed by atoms with E-state index < -0.39 is 0 Å². The van der Waals surface area contributed by atoms with Crippen LogP contribution < -0.4 is 5.32 Å². The lowest BCUT2D eigenvalue weighted by Crippen LogP contribution is -2.07. The van der Waals surface area contributed by atoms with Crippen LogP contribution in [0.3, 0.4) is 0 Å². The zero-order valence-corrected chi connectivity index (χ0v) is 12.7. The maximum Gasteiger partial charge on any atom is 0.199 e. The van der Waals surface area contributed by atoms with Gasteiger partial charge in [0.15, 0.2) is 11.6 Å². The predicted octanol–water partition coefficient (Wildman–Crippen LogP) is 2.59. The number of nitrogens with one attached hydrogen (secondary N) is 1. The van der Waals surface area contributed by atoms with E-state index in [2.05, 4.69) is 47.8 Å². The van der Waals surface area contributed by atoms with E-state index in [1.54, 1.807) is 12.4 Å². The molecule has 0 radical (unpaired) electrons. The molecule has 0 amide bonds. The van der Waals surface area contributed by atoms with Crippen LogP contribution in [-0.4, -0.2) is 26.5 Å². The van der Waals surface area contributed by atoms with E-state index in [1.165, 1.54) is 0 Å². The molecule has 0 atom stereocenters. The fourth-order valence-corrected chi connectivity index (χ4v) is 1.88. The minimum Gasteiger partial charge on any atom is -0.369 e. The third-order valence-electron chi connectivity index (χ3n) is 2.34. The highest BCUT2D eigenvalue weighted by molar-refractivity contribution is 14.1. The van der Waals surface area contributed by atoms with Crippen LogP contribution in [0.4, 0.5) is 5.82 Å². The van der Waals surface area contributed by atoms with Crippen molar-refractivity contribution in [3.63, 3.8) is 0 Å². The molecule has 0 spiro atoms. The lowest BCUT2D eigenvalue weighted by atomic mass is 10.3. The number of anilines is 1. The number of aryl methyl sites for hydroxylation is 2. The Balaban J connectivity index is 2.48. The van der Waals surface area contributed by atoms with Crippen molar-refractivity contribution in [2.45, 2.75) is 20.8 Å². The van der Waals surface area contributed by atoms with Gasteiger partial charge in [-0.25, -0.2) is 19.9 Å². The van der Waals surface area contributed by atoms with Crippen molar-refractivity contribution < 1.29 is 0 Å². The van der Waals surface area contributed by atoms with Crippen molar-refractivity contribution in [2.24, 2.45) is 0 Å². The molecule has 1 N–H and O–H groups in total. The van der Waals surface area contributed by atoms with Crippen molar-refractivity contribution in [1.82, 2.24) is 19.9 Å². The van der Waals surface area contributed by atoms with Crippen molar-refractivity contribution in [1.29, 1.82) is 0 Å². The quantitative estimate of drug-likeness (QED) is 0.858. The molecule has 0 bridgehead atoms. The van der Waals surface area contributed by atoms with Gasteiger partial charge in [0.1, 0.15) is 5.82 Å². The lowest BCUT2D eigenvalue weighted by molar-refractivity contribution is 1.02. The van der Waals surface area contributed by atoms with E-state index in [9.17, 15) is 0 Å². The molecule has 0 unspecified atom stereocenters. The summed E-state index contributed by atoms with van der Waals surface area (Å²) in [4.78, 5) is 17.4. The van der Waals surface area contributed by atoms with Gasteiger partial charge >= 0.3 is 0 Å². The van der Waals surface area contributed by atoms with Crippen molar-refractivity contribution in [2.75, 3.05) is 11.9 Å². The molecule has 0 aliphatic carbocycles. The minimum atomic E-state index is 0.555. The molecule has 2 heterocycles. The lowest BCUT2D eigenvalue weighted by Gasteiger charge is -2.09. The number of aromatic nitrogens is 4. The summed E-state index contributed by atoms with van der Waals surface area (Å²) in [6.07, 6.45) is 3.54. The summed E-state index contributed by atoms with van der Waals surface area (Å²) in [7, 11) is 0. The van der Waals surface area contributed by atoms with E-state index in [0.717, 1.165) is 27.2 Å². The average Bonchev–Trinajstić information content (AvgIpc) is 2.36. The molecule has 0 aromatic carbocycles. The van der Waals surface area contributed by atoms with Crippen LogP contribution in [0.1, 0.15) is 18.2 Å². The Hall–Kier alpha value is -1.31. The standard InChI is InChI=1S/C12H14IN5/c1-4-14-10-9(13)8(3)17-12(18-10)11-15-5-7(2)6-16-11/h5-6H,4H2,1-3H3,(H,14,17,18). The Morgan fingerprint density at radius 3 is 2.39 bits per heavy atom. The maximum atomic E-state index is 4.47. The SMILES string of the molecule is CCNc1nc(-c2ncc(C)cn2)nc(C)c1I. The highest BCUT2D eigenvalue weighted by Crippen LogP contribution is 2.21. The van der Waals surface area contributed by atoms with Crippen LogP contribution in [0.25, 0.3) is 11.6 Å². The fourth-order valence-electron chi connectivity index (χ4n) is 1.45. The third kappa shape index (κ3) is 2.74. The van der Waals surface area contributed by atoms with Gasteiger partial charge in [0.25, 0.3) is 0 Å². The predicted molar refractivity (Wildman–Crippen MR) is 79.4 cm³/mol. The zero-order valence-electron chi connectivity index (χ0n) is 10.5. The summed E-state index contributed by atoms with van der Waals surface area (Å²) in [5.41, 5.74) is 1.95. The Labute approximate surface area is 120 Å². The van der Waals surface area contributed by atoms with E-state index in [0.29, 0.717) is 11.6 Å². The topological polar surface area (TPSA) is 63.6 Å². The van der Waals surface area contributed by atoms with Crippen LogP contribution >= 0.6 is 22.6 Å². The van der Waals surface area contributed by atoms with Gasteiger partial charge in [0.05, 0.1) is 9.26 Å². The van der Waals surface area contributed by atoms with Gasteiger partial charge in [-0.1, -0.05) is 0 Å². The van der Waals surface area contributed by atoms with E-state index >= 15 is 0 Å². The number of hydrogen-bond acceptors (Lipinski definition) is 5. The molecule has 0 saturated carbocycles. The summed E-state index contributed by atoms with van der Waals surface area (Å²) in [5, 5.41) is 3.22. The number of halogens is 1. The van der Waals surface area contributed by atoms with Crippen molar-refractivity contribution in [3.05, 3.63) is 27.2 Å². The number of hydrogen-bond donors (Lipinski definition) is 1. The Bertz CT molecular complexity index is 553. The van der Waals surface area contributed by atoms with E-state index in [-0.39, 0.29) is 0 Å². The van der Waals surface area contributed by atoms with Crippen molar-refractivity contribution in [3.8, 4) is 11.6 Å². The number of nitrogens with zero attached hydrogens (tertiary/aromatic N) is 4. The summed E-state index contributed by atoms with van der Waals surface area (Å²) < 4.78 is 1.03. The van der Waals surface area contributed by atoms with Crippen LogP contribution in [0.2, 0.25) is 0 Å². The summed E-state index contributed by atoms with van der Waals surface area (Å²) in [5.74, 6) is 1.95. The Kier molecular flexibility index (Phi) is 4.05. The first-order valence-corrected chi connectivity index (χ1v) is 6.76. The molecule has 2 rings (SSSR count). The molecule has 0 fully saturated rings. The van der Waals surface area contributed by atoms with Gasteiger partial charge < -0.3 is 5.32 Å². The molecule has 0 saturated heterocycles. The molecular weight excluding hydrogens is 341 g/mol. The van der Waals surface area contributed by atoms with Gasteiger partial charge in [0, 0.05) is 18.9 Å². The van der Waals surface area contributed by atoms with E-state index in [1.807, 2.05) is 20.8 Å². The second-order valence-corrected chi connectivity index (χ2v) is 4.99. The summed E-state index contributed by atoms with van der Waals surface area (Å²) >= 11 is 2.24. The fraction of sp³-hybridized carbons (Fsp3) is 0.333. The van der Waals surface area contributed by atoms with Crippen molar-refractivity contribution >= 4 is 28.4 Å². The molecule has 2 aromatic rings. The van der Waals surface area contributed by atoms with Gasteiger partial charge in [0.2, 0.25) is 0 Å². The van der Waals surface area contributed by atoms with Crippen LogP contribution in [-0.2, 0) is 0 Å². The van der Waals surface area contributed by atoms with Gasteiger partial charge in [-0.05, 0) is 48.9 Å². The third-order valence-corrected chi connectivity index (χ3v) is 3.63. The summed E-state index contributed by atoms with van der Waals surface area (Å²) in [6, 6.07) is 0. The first-order chi connectivity index (χ1) is 8.61. The highest BCUT2D eigenvalue weighted by atomic mass is 127. The molecule has 94 valence electrons. The van der Waals surface area contributed by atoms with Gasteiger partial charge in [-0.15, -0.1) is 0 Å². The van der Waals surface area contributed by atoms with E-state index in [4.69, 9.17) is 0 Å². The van der Waals surface area contributed by atoms with Crippen LogP contribution in [0, 0.1) is 17.4 Å². The van der Waals surface area contributed by atoms with Gasteiger partial charge in [-0.3, -0.25) is 0 Å². The maximum absolute atomic E-state index is 4.47. The normalized spacial score (nSPS) is 10.4.